The number of rotatable bonds is 3. The third kappa shape index (κ3) is 4.19. The van der Waals surface area contributed by atoms with Gasteiger partial charge in [-0.3, -0.25) is 0 Å². The molecule has 250 valence electrons. The van der Waals surface area contributed by atoms with E-state index in [-0.39, 0.29) is 0 Å². The van der Waals surface area contributed by atoms with Crippen LogP contribution in [0.1, 0.15) is 0 Å². The highest BCUT2D eigenvalue weighted by molar-refractivity contribution is 6.24. The minimum atomic E-state index is 0.690. The Kier molecular flexibility index (Phi) is 6.02. The van der Waals surface area contributed by atoms with Gasteiger partial charge in [0.25, 0.3) is 0 Å². The predicted molar refractivity (Wildman–Crippen MR) is 225 cm³/mol. The van der Waals surface area contributed by atoms with Gasteiger partial charge in [-0.25, -0.2) is 9.97 Å². The van der Waals surface area contributed by atoms with Gasteiger partial charge < -0.3 is 8.98 Å². The molecule has 0 radical (unpaired) electrons. The lowest BCUT2D eigenvalue weighted by molar-refractivity contribution is 0.669. The topological polar surface area (TPSA) is 43.9 Å². The number of aromatic nitrogens is 3. The predicted octanol–water partition coefficient (Wildman–Crippen LogP) is 13.4. The summed E-state index contributed by atoms with van der Waals surface area (Å²) in [6, 6.07) is 62.6. The highest BCUT2D eigenvalue weighted by Gasteiger charge is 2.20. The van der Waals surface area contributed by atoms with Crippen LogP contribution in [-0.4, -0.2) is 14.5 Å². The zero-order valence-corrected chi connectivity index (χ0v) is 29.0. The average Bonchev–Trinajstić information content (AvgIpc) is 3.77. The Labute approximate surface area is 309 Å². The largest absolute Gasteiger partial charge is 0.456 e. The van der Waals surface area contributed by atoms with E-state index in [1.165, 1.54) is 43.4 Å². The van der Waals surface area contributed by atoms with Crippen LogP contribution >= 0.6 is 0 Å². The molecule has 54 heavy (non-hydrogen) atoms. The monoisotopic (exact) mass is 687 g/mol. The first kappa shape index (κ1) is 29.3. The van der Waals surface area contributed by atoms with Crippen molar-refractivity contribution in [2.45, 2.75) is 0 Å². The van der Waals surface area contributed by atoms with E-state index in [0.717, 1.165) is 66.1 Å². The number of hydrogen-bond donors (Lipinski definition) is 0. The molecule has 3 heterocycles. The van der Waals surface area contributed by atoms with Crippen LogP contribution in [0.3, 0.4) is 0 Å². The van der Waals surface area contributed by atoms with Gasteiger partial charge in [-0.1, -0.05) is 121 Å². The number of hydrogen-bond acceptors (Lipinski definition) is 3. The number of furan rings is 1. The second-order valence-corrected chi connectivity index (χ2v) is 14.1. The van der Waals surface area contributed by atoms with Crippen LogP contribution in [0.25, 0.3) is 115 Å². The summed E-state index contributed by atoms with van der Waals surface area (Å²) in [5.41, 5.74) is 8.98. The van der Waals surface area contributed by atoms with Crippen molar-refractivity contribution in [2.75, 3.05) is 0 Å². The Hall–Kier alpha value is -7.30. The summed E-state index contributed by atoms with van der Waals surface area (Å²) in [6.07, 6.45) is 0. The molecule has 0 aliphatic heterocycles. The number of nitrogens with zero attached hydrogens (tertiary/aromatic N) is 3. The van der Waals surface area contributed by atoms with Gasteiger partial charge in [-0.2, -0.15) is 0 Å². The van der Waals surface area contributed by atoms with E-state index in [2.05, 4.69) is 162 Å². The molecule has 0 N–H and O–H groups in total. The van der Waals surface area contributed by atoms with Crippen LogP contribution in [0, 0.1) is 0 Å². The molecule has 0 unspecified atom stereocenters. The summed E-state index contributed by atoms with van der Waals surface area (Å²) in [7, 11) is 0. The van der Waals surface area contributed by atoms with Crippen LogP contribution in [0.4, 0.5) is 0 Å². The molecular weight excluding hydrogens is 659 g/mol. The molecule has 4 heteroatoms. The van der Waals surface area contributed by atoms with Gasteiger partial charge in [0.2, 0.25) is 0 Å². The molecule has 0 saturated carbocycles. The lowest BCUT2D eigenvalue weighted by Crippen LogP contribution is -1.99. The van der Waals surface area contributed by atoms with Crippen molar-refractivity contribution in [3.63, 3.8) is 0 Å². The van der Waals surface area contributed by atoms with Gasteiger partial charge in [0.15, 0.2) is 5.82 Å². The summed E-state index contributed by atoms with van der Waals surface area (Å²) in [5, 5.41) is 12.9. The Morgan fingerprint density at radius 3 is 1.96 bits per heavy atom. The van der Waals surface area contributed by atoms with Crippen molar-refractivity contribution in [1.82, 2.24) is 14.5 Å². The van der Waals surface area contributed by atoms with Gasteiger partial charge >= 0.3 is 0 Å². The normalized spacial score (nSPS) is 12.1. The standard InChI is InChI=1S/C50H29N3O/c1-2-13-32-28-45-41(27-31(32)12-1)48-34-14-4-3-11-30(34)22-25-44(48)53(45)43-26-24-39(35-15-5-6-16-36(35)43)50-51-42-19-9-7-18-40(42)49(52-50)33-21-23-38-37-17-8-10-20-46(37)54-47(38)29-33/h1-29H. The van der Waals surface area contributed by atoms with E-state index in [1.807, 2.05) is 18.2 Å². The fourth-order valence-corrected chi connectivity index (χ4v) is 8.70. The molecule has 0 spiro atoms. The van der Waals surface area contributed by atoms with Gasteiger partial charge in [0.1, 0.15) is 11.2 Å². The molecule has 0 atom stereocenters. The van der Waals surface area contributed by atoms with Crippen molar-refractivity contribution < 1.29 is 4.42 Å². The SMILES string of the molecule is c1ccc2cc3c(cc2c1)c1c2ccccc2ccc1n3-c1ccc(-c2nc(-c3ccc4c(c3)oc3ccccc34)c3ccccc3n2)c2ccccc12. The maximum Gasteiger partial charge on any atom is 0.161 e. The molecule has 0 aliphatic rings. The fraction of sp³-hybridized carbons (Fsp3) is 0. The zero-order valence-electron chi connectivity index (χ0n) is 29.0. The molecule has 0 fully saturated rings. The Balaban J connectivity index is 1.11. The molecule has 12 aromatic rings. The number of benzene rings is 9. The van der Waals surface area contributed by atoms with Crippen LogP contribution in [0.5, 0.6) is 0 Å². The van der Waals surface area contributed by atoms with Crippen molar-refractivity contribution in [3.8, 4) is 28.3 Å². The van der Waals surface area contributed by atoms with E-state index in [9.17, 15) is 0 Å². The van der Waals surface area contributed by atoms with Crippen LogP contribution in [0.15, 0.2) is 180 Å². The first-order chi connectivity index (χ1) is 26.8. The summed E-state index contributed by atoms with van der Waals surface area (Å²) in [6.45, 7) is 0. The van der Waals surface area contributed by atoms with Crippen molar-refractivity contribution in [2.24, 2.45) is 0 Å². The van der Waals surface area contributed by atoms with Gasteiger partial charge in [-0.05, 0) is 81.5 Å². The van der Waals surface area contributed by atoms with Crippen molar-refractivity contribution >= 4 is 87.0 Å². The lowest BCUT2D eigenvalue weighted by atomic mass is 10.00. The molecule has 3 aromatic heterocycles. The molecule has 9 aromatic carbocycles. The van der Waals surface area contributed by atoms with E-state index in [4.69, 9.17) is 14.4 Å². The number of fused-ring (bicyclic) bond motifs is 11. The second kappa shape index (κ2) is 11.1. The molecular formula is C50H29N3O. The van der Waals surface area contributed by atoms with Crippen molar-refractivity contribution in [1.29, 1.82) is 0 Å². The summed E-state index contributed by atoms with van der Waals surface area (Å²) >= 11 is 0. The average molecular weight is 688 g/mol. The highest BCUT2D eigenvalue weighted by Crippen LogP contribution is 2.42. The maximum atomic E-state index is 6.31. The van der Waals surface area contributed by atoms with Gasteiger partial charge in [-0.15, -0.1) is 0 Å². The highest BCUT2D eigenvalue weighted by atomic mass is 16.3. The summed E-state index contributed by atoms with van der Waals surface area (Å²) < 4.78 is 8.76. The fourth-order valence-electron chi connectivity index (χ4n) is 8.70. The van der Waals surface area contributed by atoms with E-state index < -0.39 is 0 Å². The Morgan fingerprint density at radius 2 is 1.09 bits per heavy atom. The van der Waals surface area contributed by atoms with Gasteiger partial charge in [0, 0.05) is 43.4 Å². The molecule has 0 amide bonds. The number of para-hydroxylation sites is 2. The quantitative estimate of drug-likeness (QED) is 0.186. The van der Waals surface area contributed by atoms with Crippen LogP contribution < -0.4 is 0 Å². The zero-order chi connectivity index (χ0) is 35.3. The lowest BCUT2D eigenvalue weighted by Gasteiger charge is -2.15. The molecule has 0 aliphatic carbocycles. The van der Waals surface area contributed by atoms with E-state index in [1.54, 1.807) is 0 Å². The van der Waals surface area contributed by atoms with Gasteiger partial charge in [0.05, 0.1) is 27.9 Å². The summed E-state index contributed by atoms with van der Waals surface area (Å²) in [5.74, 6) is 0.690. The Bertz CT molecular complexity index is 3520. The molecule has 0 bridgehead atoms. The van der Waals surface area contributed by atoms with Crippen LogP contribution in [-0.2, 0) is 0 Å². The third-order valence-electron chi connectivity index (χ3n) is 11.2. The Morgan fingerprint density at radius 1 is 0.407 bits per heavy atom. The molecule has 12 rings (SSSR count). The maximum absolute atomic E-state index is 6.31. The van der Waals surface area contributed by atoms with E-state index in [0.29, 0.717) is 5.82 Å². The summed E-state index contributed by atoms with van der Waals surface area (Å²) in [4.78, 5) is 10.6. The molecule has 0 saturated heterocycles. The molecule has 4 nitrogen and oxygen atoms in total. The smallest absolute Gasteiger partial charge is 0.161 e. The van der Waals surface area contributed by atoms with Crippen molar-refractivity contribution in [3.05, 3.63) is 176 Å². The van der Waals surface area contributed by atoms with E-state index >= 15 is 0 Å². The van der Waals surface area contributed by atoms with Crippen LogP contribution in [0.2, 0.25) is 0 Å². The minimum Gasteiger partial charge on any atom is -0.456 e. The minimum absolute atomic E-state index is 0.690. The first-order valence-corrected chi connectivity index (χ1v) is 18.3. The second-order valence-electron chi connectivity index (χ2n) is 14.1. The third-order valence-corrected chi connectivity index (χ3v) is 11.2. The first-order valence-electron chi connectivity index (χ1n) is 18.3.